The maximum absolute atomic E-state index is 5.99. The predicted molar refractivity (Wildman–Crippen MR) is 117 cm³/mol. The molecule has 1 aliphatic rings. The Balaban J connectivity index is 0.000000147. The first-order chi connectivity index (χ1) is 14.4. The zero-order chi connectivity index (χ0) is 21.3. The molecule has 1 aromatic carbocycles. The molecule has 30 heavy (non-hydrogen) atoms. The smallest absolute Gasteiger partial charge is 0.223 e. The molecule has 0 aliphatic heterocycles. The van der Waals surface area contributed by atoms with Gasteiger partial charge in [0.2, 0.25) is 5.95 Å². The maximum atomic E-state index is 5.99. The van der Waals surface area contributed by atoms with Crippen molar-refractivity contribution in [2.24, 2.45) is 5.73 Å². The number of nitrogens with two attached hydrogens (primary N) is 2. The van der Waals surface area contributed by atoms with E-state index in [1.165, 1.54) is 35.8 Å². The Morgan fingerprint density at radius 1 is 1.13 bits per heavy atom. The van der Waals surface area contributed by atoms with E-state index in [0.717, 1.165) is 10.9 Å². The summed E-state index contributed by atoms with van der Waals surface area (Å²) in [5, 5.41) is 4.87. The second kappa shape index (κ2) is 7.87. The number of fused-ring (bicyclic) bond motifs is 3. The van der Waals surface area contributed by atoms with Gasteiger partial charge in [-0.3, -0.25) is 4.98 Å². The first-order valence-corrected chi connectivity index (χ1v) is 10.1. The summed E-state index contributed by atoms with van der Waals surface area (Å²) in [4.78, 5) is 12.9. The minimum absolute atomic E-state index is 0.273. The van der Waals surface area contributed by atoms with Gasteiger partial charge < -0.3 is 16.2 Å². The molecule has 0 unspecified atom stereocenters. The van der Waals surface area contributed by atoms with Crippen molar-refractivity contribution in [3.63, 3.8) is 0 Å². The molecule has 156 valence electrons. The normalized spacial score (nSPS) is 14.3. The van der Waals surface area contributed by atoms with Crippen LogP contribution < -0.4 is 16.2 Å². The van der Waals surface area contributed by atoms with Crippen LogP contribution in [0.3, 0.4) is 0 Å². The summed E-state index contributed by atoms with van der Waals surface area (Å²) in [6.07, 6.45) is 7.34. The number of rotatable bonds is 3. The van der Waals surface area contributed by atoms with E-state index in [4.69, 9.17) is 16.2 Å². The number of nitrogen functional groups attached to an aromatic ring is 1. The Bertz CT molecular complexity index is 1160. The molecule has 4 aromatic rings. The summed E-state index contributed by atoms with van der Waals surface area (Å²) in [5.74, 6) is 1.68. The maximum Gasteiger partial charge on any atom is 0.223 e. The topological polar surface area (TPSA) is 117 Å². The third-order valence-corrected chi connectivity index (χ3v) is 5.50. The number of nitrogens with zero attached hydrogens (tertiary/aromatic N) is 5. The van der Waals surface area contributed by atoms with Crippen molar-refractivity contribution < 1.29 is 4.74 Å². The zero-order valence-electron chi connectivity index (χ0n) is 17.5. The number of ether oxygens (including phenoxy) is 1. The molecule has 0 radical (unpaired) electrons. The van der Waals surface area contributed by atoms with Gasteiger partial charge in [0.05, 0.1) is 7.11 Å². The van der Waals surface area contributed by atoms with Gasteiger partial charge in [-0.05, 0) is 50.5 Å². The van der Waals surface area contributed by atoms with Gasteiger partial charge >= 0.3 is 0 Å². The van der Waals surface area contributed by atoms with Gasteiger partial charge in [0.15, 0.2) is 5.65 Å². The monoisotopic (exact) mass is 405 g/mol. The average molecular weight is 406 g/mol. The third kappa shape index (κ3) is 3.78. The van der Waals surface area contributed by atoms with Crippen molar-refractivity contribution in [2.45, 2.75) is 44.6 Å². The van der Waals surface area contributed by atoms with Crippen molar-refractivity contribution in [1.82, 2.24) is 24.6 Å². The Morgan fingerprint density at radius 2 is 1.93 bits per heavy atom. The Hall–Kier alpha value is -3.26. The molecule has 0 atom stereocenters. The van der Waals surface area contributed by atoms with Crippen LogP contribution in [0.5, 0.6) is 5.75 Å². The van der Waals surface area contributed by atoms with E-state index in [1.807, 2.05) is 38.2 Å². The van der Waals surface area contributed by atoms with Crippen LogP contribution in [0.25, 0.3) is 16.6 Å². The van der Waals surface area contributed by atoms with Crippen LogP contribution in [0.2, 0.25) is 0 Å². The number of pyridine rings is 1. The standard InChI is InChI=1S/C12H18N2.C10H9N5O/c1-12(2,13)10-6-7-11(14-8-10)9-4-3-5-9;1-16-7-4-2-3-6-8(7)14-10(11)15-9(6)12-5-13-15/h6-9H,3-5,13H2,1-2H3;2-5H,1H3,(H2,11,14). The fourth-order valence-electron chi connectivity index (χ4n) is 3.47. The molecule has 5 rings (SSSR count). The Kier molecular flexibility index (Phi) is 5.26. The van der Waals surface area contributed by atoms with Crippen molar-refractivity contribution >= 4 is 22.5 Å². The molecule has 8 heteroatoms. The van der Waals surface area contributed by atoms with E-state index < -0.39 is 0 Å². The molecular formula is C22H27N7O. The van der Waals surface area contributed by atoms with E-state index >= 15 is 0 Å². The van der Waals surface area contributed by atoms with Crippen molar-refractivity contribution in [3.8, 4) is 5.75 Å². The Morgan fingerprint density at radius 3 is 2.53 bits per heavy atom. The second-order valence-corrected chi connectivity index (χ2v) is 8.14. The molecule has 1 saturated carbocycles. The van der Waals surface area contributed by atoms with Gasteiger partial charge in [-0.2, -0.15) is 9.61 Å². The number of methoxy groups -OCH3 is 1. The van der Waals surface area contributed by atoms with Crippen LogP contribution in [-0.4, -0.2) is 31.7 Å². The average Bonchev–Trinajstić information content (AvgIpc) is 3.18. The lowest BCUT2D eigenvalue weighted by Gasteiger charge is -2.25. The zero-order valence-corrected chi connectivity index (χ0v) is 17.5. The van der Waals surface area contributed by atoms with Crippen molar-refractivity contribution in [3.05, 3.63) is 54.1 Å². The van der Waals surface area contributed by atoms with Crippen molar-refractivity contribution in [1.29, 1.82) is 0 Å². The van der Waals surface area contributed by atoms with Gasteiger partial charge in [0, 0.05) is 28.7 Å². The molecule has 0 bridgehead atoms. The van der Waals surface area contributed by atoms with Gasteiger partial charge in [-0.25, -0.2) is 9.97 Å². The Labute approximate surface area is 175 Å². The summed E-state index contributed by atoms with van der Waals surface area (Å²) in [7, 11) is 1.60. The highest BCUT2D eigenvalue weighted by atomic mass is 16.5. The highest BCUT2D eigenvalue weighted by molar-refractivity contribution is 5.95. The summed E-state index contributed by atoms with van der Waals surface area (Å²) in [6, 6.07) is 9.87. The molecular weight excluding hydrogens is 378 g/mol. The number of para-hydroxylation sites is 1. The first-order valence-electron chi connectivity index (χ1n) is 10.1. The molecule has 8 nitrogen and oxygen atoms in total. The van der Waals surface area contributed by atoms with Gasteiger partial charge in [-0.1, -0.05) is 18.6 Å². The van der Waals surface area contributed by atoms with Gasteiger partial charge in [0.25, 0.3) is 0 Å². The predicted octanol–water partition coefficient (Wildman–Crippen LogP) is 3.41. The van der Waals surface area contributed by atoms with E-state index in [-0.39, 0.29) is 5.54 Å². The lowest BCUT2D eigenvalue weighted by atomic mass is 9.82. The molecule has 1 aliphatic carbocycles. The number of anilines is 1. The van der Waals surface area contributed by atoms with Crippen LogP contribution in [0, 0.1) is 0 Å². The van der Waals surface area contributed by atoms with Crippen LogP contribution in [0.15, 0.2) is 42.9 Å². The fraction of sp³-hybridized carbons (Fsp3) is 0.364. The molecule has 0 saturated heterocycles. The number of aromatic nitrogens is 5. The highest BCUT2D eigenvalue weighted by Gasteiger charge is 2.21. The van der Waals surface area contributed by atoms with Crippen LogP contribution >= 0.6 is 0 Å². The molecule has 3 aromatic heterocycles. The fourth-order valence-corrected chi connectivity index (χ4v) is 3.47. The molecule has 0 spiro atoms. The molecule has 4 N–H and O–H groups in total. The lowest BCUT2D eigenvalue weighted by Crippen LogP contribution is -2.28. The highest BCUT2D eigenvalue weighted by Crippen LogP contribution is 2.35. The van der Waals surface area contributed by atoms with E-state index in [2.05, 4.69) is 32.2 Å². The van der Waals surface area contributed by atoms with E-state index in [9.17, 15) is 0 Å². The lowest BCUT2D eigenvalue weighted by molar-refractivity contribution is 0.410. The minimum atomic E-state index is -0.273. The first kappa shape index (κ1) is 20.0. The van der Waals surface area contributed by atoms with Crippen molar-refractivity contribution in [2.75, 3.05) is 12.8 Å². The summed E-state index contributed by atoms with van der Waals surface area (Å²) in [5.41, 5.74) is 15.2. The van der Waals surface area contributed by atoms with Gasteiger partial charge in [0.1, 0.15) is 17.6 Å². The summed E-state index contributed by atoms with van der Waals surface area (Å²) in [6.45, 7) is 4.01. The number of benzene rings is 1. The molecule has 3 heterocycles. The van der Waals surface area contributed by atoms with E-state index in [0.29, 0.717) is 28.8 Å². The van der Waals surface area contributed by atoms with Crippen LogP contribution in [-0.2, 0) is 5.54 Å². The second-order valence-electron chi connectivity index (χ2n) is 8.14. The van der Waals surface area contributed by atoms with Gasteiger partial charge in [-0.15, -0.1) is 0 Å². The molecule has 1 fully saturated rings. The molecule has 0 amide bonds. The summed E-state index contributed by atoms with van der Waals surface area (Å²) >= 11 is 0. The SMILES string of the molecule is CC(C)(N)c1ccc(C2CCC2)nc1.COc1cccc2c1nc(N)n1ncnc21. The number of hydrogen-bond acceptors (Lipinski definition) is 7. The third-order valence-electron chi connectivity index (χ3n) is 5.50. The minimum Gasteiger partial charge on any atom is -0.494 e. The van der Waals surface area contributed by atoms with Crippen LogP contribution in [0.4, 0.5) is 5.95 Å². The summed E-state index contributed by atoms with van der Waals surface area (Å²) < 4.78 is 6.73. The quantitative estimate of drug-likeness (QED) is 0.536. The largest absolute Gasteiger partial charge is 0.494 e. The van der Waals surface area contributed by atoms with Crippen LogP contribution in [0.1, 0.15) is 50.3 Å². The number of hydrogen-bond donors (Lipinski definition) is 2. The van der Waals surface area contributed by atoms with E-state index in [1.54, 1.807) is 7.11 Å².